The summed E-state index contributed by atoms with van der Waals surface area (Å²) < 4.78 is 41.3. The predicted molar refractivity (Wildman–Crippen MR) is 226 cm³/mol. The second-order valence-electron chi connectivity index (χ2n) is 14.9. The topological polar surface area (TPSA) is 348 Å². The first kappa shape index (κ1) is 47.8. The summed E-state index contributed by atoms with van der Waals surface area (Å²) in [5, 5.41) is 32.1. The van der Waals surface area contributed by atoms with E-state index in [0.29, 0.717) is 16.5 Å². The van der Waals surface area contributed by atoms with Crippen molar-refractivity contribution in [2.45, 2.75) is 57.9 Å². The van der Waals surface area contributed by atoms with E-state index in [-0.39, 0.29) is 43.9 Å². The van der Waals surface area contributed by atoms with Gasteiger partial charge in [0.15, 0.2) is 22.3 Å². The number of benzene rings is 1. The number of phenolic OH excluding ortho intramolecular Hbond substituents is 2. The number of anilines is 2. The molecule has 2 atom stereocenters. The number of aryl methyl sites for hydroxylation is 1. The largest absolute Gasteiger partial charge is 0.504 e. The average molecular weight is 954 g/mol. The maximum Gasteiger partial charge on any atom is 0.396 e. The van der Waals surface area contributed by atoms with Crippen molar-refractivity contribution in [1.82, 2.24) is 35.2 Å². The van der Waals surface area contributed by atoms with Crippen LogP contribution < -0.4 is 36.9 Å². The smallest absolute Gasteiger partial charge is 0.396 e. The Bertz CT molecular complexity index is 2600. The molecule has 0 bridgehead atoms. The van der Waals surface area contributed by atoms with Gasteiger partial charge >= 0.3 is 22.2 Å². The Morgan fingerprint density at radius 2 is 1.79 bits per heavy atom. The fourth-order valence-electron chi connectivity index (χ4n) is 5.51. The van der Waals surface area contributed by atoms with E-state index in [4.69, 9.17) is 32.6 Å². The van der Waals surface area contributed by atoms with Gasteiger partial charge in [0.2, 0.25) is 5.60 Å². The lowest BCUT2D eigenvalue weighted by Gasteiger charge is -2.44. The van der Waals surface area contributed by atoms with Crippen LogP contribution in [0.3, 0.4) is 0 Å². The van der Waals surface area contributed by atoms with Gasteiger partial charge in [0.25, 0.3) is 23.6 Å². The number of esters is 1. The molecule has 28 heteroatoms. The summed E-state index contributed by atoms with van der Waals surface area (Å²) in [4.78, 5) is 85.2. The van der Waals surface area contributed by atoms with Crippen molar-refractivity contribution in [3.05, 3.63) is 57.3 Å². The second-order valence-corrected chi connectivity index (χ2v) is 18.5. The van der Waals surface area contributed by atoms with Crippen LogP contribution in [-0.4, -0.2) is 121 Å². The summed E-state index contributed by atoms with van der Waals surface area (Å²) >= 11 is 7.87. The molecule has 1 saturated heterocycles. The van der Waals surface area contributed by atoms with E-state index in [1.807, 2.05) is 0 Å². The molecule has 0 spiro atoms. The zero-order valence-electron chi connectivity index (χ0n) is 34.1. The lowest BCUT2D eigenvalue weighted by Crippen LogP contribution is -2.74. The van der Waals surface area contributed by atoms with Gasteiger partial charge in [-0.3, -0.25) is 23.7 Å². The number of halogens is 1. The van der Waals surface area contributed by atoms with Crippen molar-refractivity contribution < 1.29 is 61.3 Å². The number of nitrogens with two attached hydrogens (primary N) is 2. The van der Waals surface area contributed by atoms with Gasteiger partial charge in [-0.05, 0) is 46.8 Å². The van der Waals surface area contributed by atoms with Gasteiger partial charge in [-0.25, -0.2) is 28.5 Å². The molecule has 4 amide bonds. The van der Waals surface area contributed by atoms with Gasteiger partial charge in [-0.1, -0.05) is 21.7 Å². The molecule has 4 aromatic rings. The molecule has 63 heavy (non-hydrogen) atoms. The summed E-state index contributed by atoms with van der Waals surface area (Å²) in [6.07, 6.45) is 4.30. The molecular weight excluding hydrogens is 912 g/mol. The Kier molecular flexibility index (Phi) is 14.1. The standard InChI is InChI=1S/C35H41ClN12O12S3/c1-34(2,3)59-31(55)35(4,5)60-45-23(18-13-61-32(38)43-18)28(53)44-24-19(48(30(24)54)63(56,57)58)10-39-27(52)21-11-40-29(62-21)16-9-41-33(46(6)12-16)47(14-37)15-42-26(51)17-7-8-20(49)25(50)22(17)36/h7-9,11-13,19,24H,10,14-15,37H2,1-6H3,(H7-,38,39,42,43,44,45,49,50,51,52,53,56,57,58)/p+1/t19-,24+/m1/s1. The number of carbonyl (C=O) groups excluding carboxylic acids is 5. The van der Waals surface area contributed by atoms with Crippen molar-refractivity contribution in [3.8, 4) is 22.1 Å². The zero-order chi connectivity index (χ0) is 46.8. The van der Waals surface area contributed by atoms with E-state index in [9.17, 15) is 47.2 Å². The van der Waals surface area contributed by atoms with E-state index in [0.717, 1.165) is 28.7 Å². The highest BCUT2D eigenvalue weighted by Crippen LogP contribution is 2.35. The number of nitrogen functional groups attached to an aromatic ring is 1. The highest BCUT2D eigenvalue weighted by molar-refractivity contribution is 7.84. The highest BCUT2D eigenvalue weighted by Gasteiger charge is 2.54. The monoisotopic (exact) mass is 953 g/mol. The van der Waals surface area contributed by atoms with Crippen LogP contribution >= 0.6 is 34.3 Å². The first-order valence-electron chi connectivity index (χ1n) is 18.2. The molecule has 0 saturated carbocycles. The number of phenols is 2. The van der Waals surface area contributed by atoms with Crippen LogP contribution in [0, 0.1) is 0 Å². The number of β-lactam (4-membered cyclic amide) rings is 1. The molecular formula is C35H42ClN12O12S3+. The molecule has 1 fully saturated rings. The van der Waals surface area contributed by atoms with Gasteiger partial charge in [0, 0.05) is 11.9 Å². The van der Waals surface area contributed by atoms with Crippen molar-refractivity contribution >= 4 is 91.0 Å². The summed E-state index contributed by atoms with van der Waals surface area (Å²) in [5.74, 6) is -5.42. The van der Waals surface area contributed by atoms with E-state index in [1.165, 1.54) is 42.6 Å². The number of rotatable bonds is 16. The number of ether oxygens (including phenoxy) is 1. The third-order valence-electron chi connectivity index (χ3n) is 8.63. The number of aromatic nitrogens is 4. The van der Waals surface area contributed by atoms with Crippen molar-refractivity contribution in [3.63, 3.8) is 0 Å². The molecule has 5 rings (SSSR count). The number of hydrogen-bond donors (Lipinski definition) is 8. The molecule has 0 aliphatic carbocycles. The highest BCUT2D eigenvalue weighted by atomic mass is 35.5. The molecule has 1 aliphatic heterocycles. The molecule has 4 heterocycles. The maximum atomic E-state index is 13.6. The third-order valence-corrected chi connectivity index (χ3v) is 11.7. The maximum absolute atomic E-state index is 13.6. The predicted octanol–water partition coefficient (Wildman–Crippen LogP) is 0.0124. The minimum absolute atomic E-state index is 0.0296. The first-order valence-corrected chi connectivity index (χ1v) is 21.7. The SMILES string of the molecule is C[n+]1cc(-c2ncc(C(=O)NC[C@@H]3[C@H](NC(=O)/C(=N\OC(C)(C)C(=O)OC(C)(C)C)c4csc(N)n4)C(=O)N3S(=O)(=O)O)s2)cnc1N(CN)CNC(=O)c1ccc(O)c(O)c1Cl. The number of nitrogens with zero attached hydrogens (tertiary/aromatic N) is 7. The minimum Gasteiger partial charge on any atom is -0.504 e. The quantitative estimate of drug-likeness (QED) is 0.0107. The Labute approximate surface area is 371 Å². The van der Waals surface area contributed by atoms with Gasteiger partial charge in [-0.2, -0.15) is 8.42 Å². The number of carbonyl (C=O) groups is 5. The zero-order valence-corrected chi connectivity index (χ0v) is 37.3. The van der Waals surface area contributed by atoms with E-state index < -0.39 is 86.9 Å². The summed E-state index contributed by atoms with van der Waals surface area (Å²) in [6.45, 7) is 6.76. The normalized spacial score (nSPS) is 15.6. The Balaban J connectivity index is 1.27. The molecule has 10 N–H and O–H groups in total. The Morgan fingerprint density at radius 3 is 2.40 bits per heavy atom. The van der Waals surface area contributed by atoms with Gasteiger partial charge in [0.05, 0.1) is 41.6 Å². The van der Waals surface area contributed by atoms with Crippen LogP contribution in [0.25, 0.3) is 10.6 Å². The fraction of sp³-hybridized carbons (Fsp3) is 0.371. The Morgan fingerprint density at radius 1 is 1.10 bits per heavy atom. The van der Waals surface area contributed by atoms with Crippen LogP contribution in [0.5, 0.6) is 11.5 Å². The number of hydrogen-bond acceptors (Lipinski definition) is 20. The molecule has 1 aromatic carbocycles. The molecule has 0 radical (unpaired) electrons. The van der Waals surface area contributed by atoms with Gasteiger partial charge < -0.3 is 47.2 Å². The third kappa shape index (κ3) is 11.0. The second kappa shape index (κ2) is 18.6. The molecule has 338 valence electrons. The lowest BCUT2D eigenvalue weighted by atomic mass is 9.98. The van der Waals surface area contributed by atoms with Crippen molar-refractivity contribution in [2.75, 3.05) is 30.5 Å². The number of nitrogens with one attached hydrogen (secondary N) is 3. The average Bonchev–Trinajstić information content (AvgIpc) is 3.86. The van der Waals surface area contributed by atoms with Crippen molar-refractivity contribution in [1.29, 1.82) is 0 Å². The molecule has 0 unspecified atom stereocenters. The van der Waals surface area contributed by atoms with Crippen LogP contribution in [0.15, 0.2) is 41.3 Å². The molecule has 1 aliphatic rings. The minimum atomic E-state index is -5.17. The summed E-state index contributed by atoms with van der Waals surface area (Å²) in [7, 11) is -3.53. The van der Waals surface area contributed by atoms with E-state index in [1.54, 1.807) is 38.6 Å². The molecule has 24 nitrogen and oxygen atoms in total. The lowest BCUT2D eigenvalue weighted by molar-refractivity contribution is -0.661. The number of amides is 4. The van der Waals surface area contributed by atoms with Crippen LogP contribution in [0.2, 0.25) is 5.02 Å². The number of oxime groups is 1. The van der Waals surface area contributed by atoms with Gasteiger partial charge in [0.1, 0.15) is 46.8 Å². The summed E-state index contributed by atoms with van der Waals surface area (Å²) in [5.41, 5.74) is 8.79. The van der Waals surface area contributed by atoms with Crippen LogP contribution in [0.1, 0.15) is 60.3 Å². The van der Waals surface area contributed by atoms with Crippen LogP contribution in [-0.2, 0) is 41.3 Å². The van der Waals surface area contributed by atoms with Crippen molar-refractivity contribution in [2.24, 2.45) is 17.9 Å². The van der Waals surface area contributed by atoms with E-state index in [2.05, 4.69) is 36.1 Å². The van der Waals surface area contributed by atoms with E-state index >= 15 is 0 Å². The first-order chi connectivity index (χ1) is 29.3. The van der Waals surface area contributed by atoms with Crippen LogP contribution in [0.4, 0.5) is 11.1 Å². The summed E-state index contributed by atoms with van der Waals surface area (Å²) in [6, 6.07) is -0.797. The number of thiazole rings is 2. The van der Waals surface area contributed by atoms with Gasteiger partial charge in [-0.15, -0.1) is 22.7 Å². The Hall–Kier alpha value is -6.26. The fourth-order valence-corrected chi connectivity index (χ4v) is 7.99. The molecule has 3 aromatic heterocycles. The number of aromatic hydroxyl groups is 2.